The Morgan fingerprint density at radius 1 is 1.16 bits per heavy atom. The number of nitrogens with one attached hydrogen (secondary N) is 1. The third kappa shape index (κ3) is 5.27. The fourth-order valence-electron chi connectivity index (χ4n) is 2.19. The van der Waals surface area contributed by atoms with Crippen LogP contribution in [0.5, 0.6) is 0 Å². The van der Waals surface area contributed by atoms with Crippen LogP contribution >= 0.6 is 15.9 Å². The molecule has 0 radical (unpaired) electrons. The highest BCUT2D eigenvalue weighted by Gasteiger charge is 2.28. The van der Waals surface area contributed by atoms with Crippen LogP contribution in [0.4, 0.5) is 0 Å². The van der Waals surface area contributed by atoms with Crippen LogP contribution in [0, 0.1) is 17.3 Å². The minimum absolute atomic E-state index is 0.290. The first-order chi connectivity index (χ1) is 8.85. The maximum Gasteiger partial charge on any atom is 0.0207 e. The summed E-state index contributed by atoms with van der Waals surface area (Å²) in [5, 5.41) is 3.63. The monoisotopic (exact) mass is 325 g/mol. The van der Waals surface area contributed by atoms with E-state index in [1.165, 1.54) is 10.0 Å². The summed E-state index contributed by atoms with van der Waals surface area (Å²) >= 11 is 3.67. The Labute approximate surface area is 127 Å². The second kappa shape index (κ2) is 7.44. The van der Waals surface area contributed by atoms with Crippen molar-refractivity contribution in [3.05, 3.63) is 34.3 Å². The molecule has 1 atom stereocenters. The average molecular weight is 326 g/mol. The highest BCUT2D eigenvalue weighted by molar-refractivity contribution is 9.10. The van der Waals surface area contributed by atoms with E-state index in [0.717, 1.165) is 19.5 Å². The van der Waals surface area contributed by atoms with Gasteiger partial charge in [0.05, 0.1) is 0 Å². The number of rotatable bonds is 7. The summed E-state index contributed by atoms with van der Waals surface area (Å²) < 4.78 is 1.23. The summed E-state index contributed by atoms with van der Waals surface area (Å²) in [6.07, 6.45) is 1.11. The molecule has 1 nitrogen and oxygen atoms in total. The van der Waals surface area contributed by atoms with Gasteiger partial charge < -0.3 is 5.32 Å². The van der Waals surface area contributed by atoms with Gasteiger partial charge in [-0.1, -0.05) is 68.7 Å². The first kappa shape index (κ1) is 16.7. The second-order valence-corrected chi connectivity index (χ2v) is 7.46. The molecule has 0 fully saturated rings. The zero-order chi connectivity index (χ0) is 14.5. The van der Waals surface area contributed by atoms with Crippen LogP contribution < -0.4 is 5.32 Å². The molecule has 0 aliphatic rings. The normalized spacial score (nSPS) is 14.9. The van der Waals surface area contributed by atoms with Gasteiger partial charge in [-0.2, -0.15) is 0 Å². The third-order valence-corrected chi connectivity index (χ3v) is 4.80. The summed E-state index contributed by atoms with van der Waals surface area (Å²) in [5.74, 6) is 1.36. The van der Waals surface area contributed by atoms with Crippen molar-refractivity contribution < 1.29 is 0 Å². The molecular weight excluding hydrogens is 298 g/mol. The van der Waals surface area contributed by atoms with Crippen molar-refractivity contribution in [1.29, 1.82) is 0 Å². The van der Waals surface area contributed by atoms with Crippen LogP contribution in [-0.2, 0) is 6.42 Å². The van der Waals surface area contributed by atoms with Gasteiger partial charge in [-0.3, -0.25) is 0 Å². The molecule has 1 unspecified atom stereocenters. The Bertz CT molecular complexity index is 387. The molecule has 0 heterocycles. The zero-order valence-electron chi connectivity index (χ0n) is 13.0. The smallest absolute Gasteiger partial charge is 0.0207 e. The van der Waals surface area contributed by atoms with Gasteiger partial charge in [-0.25, -0.2) is 0 Å². The van der Waals surface area contributed by atoms with E-state index in [1.54, 1.807) is 0 Å². The van der Waals surface area contributed by atoms with Crippen molar-refractivity contribution in [3.63, 3.8) is 0 Å². The maximum absolute atomic E-state index is 3.67. The van der Waals surface area contributed by atoms with Crippen molar-refractivity contribution in [2.24, 2.45) is 17.3 Å². The van der Waals surface area contributed by atoms with Crippen molar-refractivity contribution in [2.75, 3.05) is 13.1 Å². The fraction of sp³-hybridized carbons (Fsp3) is 0.647. The Kier molecular flexibility index (Phi) is 6.55. The van der Waals surface area contributed by atoms with Gasteiger partial charge in [-0.15, -0.1) is 0 Å². The quantitative estimate of drug-likeness (QED) is 0.751. The number of hydrogen-bond acceptors (Lipinski definition) is 1. The van der Waals surface area contributed by atoms with Gasteiger partial charge in [0, 0.05) is 11.0 Å². The Balaban J connectivity index is 2.74. The lowest BCUT2D eigenvalue weighted by Gasteiger charge is -2.35. The minimum Gasteiger partial charge on any atom is -0.316 e. The van der Waals surface area contributed by atoms with Crippen LogP contribution in [0.15, 0.2) is 28.7 Å². The molecule has 0 saturated carbocycles. The second-order valence-electron chi connectivity index (χ2n) is 6.60. The summed E-state index contributed by atoms with van der Waals surface area (Å²) in [4.78, 5) is 0. The molecule has 0 saturated heterocycles. The molecule has 19 heavy (non-hydrogen) atoms. The first-order valence-corrected chi connectivity index (χ1v) is 8.08. The fourth-order valence-corrected chi connectivity index (χ4v) is 2.62. The van der Waals surface area contributed by atoms with Gasteiger partial charge in [0.2, 0.25) is 0 Å². The van der Waals surface area contributed by atoms with E-state index in [0.29, 0.717) is 17.3 Å². The lowest BCUT2D eigenvalue weighted by molar-refractivity contribution is 0.204. The van der Waals surface area contributed by atoms with Crippen LogP contribution in [0.25, 0.3) is 0 Å². The Morgan fingerprint density at radius 3 is 2.32 bits per heavy atom. The number of hydrogen-bond donors (Lipinski definition) is 1. The summed E-state index contributed by atoms with van der Waals surface area (Å²) in [5.41, 5.74) is 1.70. The van der Waals surface area contributed by atoms with E-state index in [9.17, 15) is 0 Å². The van der Waals surface area contributed by atoms with Crippen LogP contribution in [-0.4, -0.2) is 13.1 Å². The zero-order valence-corrected chi connectivity index (χ0v) is 14.5. The Morgan fingerprint density at radius 2 is 1.79 bits per heavy atom. The average Bonchev–Trinajstić information content (AvgIpc) is 2.31. The predicted molar refractivity (Wildman–Crippen MR) is 88.5 cm³/mol. The molecule has 1 aromatic rings. The molecule has 0 bridgehead atoms. The van der Waals surface area contributed by atoms with Crippen molar-refractivity contribution in [2.45, 2.75) is 41.0 Å². The molecule has 0 aliphatic carbocycles. The summed E-state index contributed by atoms with van der Waals surface area (Å²) in [6, 6.07) is 8.57. The van der Waals surface area contributed by atoms with Crippen LogP contribution in [0.2, 0.25) is 0 Å². The van der Waals surface area contributed by atoms with Crippen molar-refractivity contribution >= 4 is 15.9 Å². The van der Waals surface area contributed by atoms with Gasteiger partial charge >= 0.3 is 0 Å². The van der Waals surface area contributed by atoms with Crippen LogP contribution in [0.1, 0.15) is 40.2 Å². The summed E-state index contributed by atoms with van der Waals surface area (Å²) in [7, 11) is 0. The summed E-state index contributed by atoms with van der Waals surface area (Å²) in [6.45, 7) is 13.7. The molecule has 0 spiro atoms. The molecule has 1 rings (SSSR count). The lowest BCUT2D eigenvalue weighted by Crippen LogP contribution is -2.39. The molecule has 1 aromatic carbocycles. The standard InChI is InChI=1S/C17H28BrN/c1-13(2)11-19-12-17(5,14(3)4)10-15-8-6-7-9-16(15)18/h6-9,13-14,19H,10-12H2,1-5H3. The highest BCUT2D eigenvalue weighted by atomic mass is 79.9. The largest absolute Gasteiger partial charge is 0.316 e. The molecule has 0 aliphatic heterocycles. The van der Waals surface area contributed by atoms with E-state index in [4.69, 9.17) is 0 Å². The van der Waals surface area contributed by atoms with E-state index < -0.39 is 0 Å². The maximum atomic E-state index is 3.67. The minimum atomic E-state index is 0.290. The molecule has 108 valence electrons. The first-order valence-electron chi connectivity index (χ1n) is 7.29. The predicted octanol–water partition coefficient (Wildman–Crippen LogP) is 4.90. The van der Waals surface area contributed by atoms with E-state index in [1.807, 2.05) is 0 Å². The topological polar surface area (TPSA) is 12.0 Å². The van der Waals surface area contributed by atoms with Gasteiger partial charge in [-0.05, 0) is 41.8 Å². The third-order valence-electron chi connectivity index (χ3n) is 4.03. The number of benzene rings is 1. The number of halogens is 1. The van der Waals surface area contributed by atoms with Crippen molar-refractivity contribution in [3.8, 4) is 0 Å². The van der Waals surface area contributed by atoms with Gasteiger partial charge in [0.25, 0.3) is 0 Å². The van der Waals surface area contributed by atoms with Crippen molar-refractivity contribution in [1.82, 2.24) is 5.32 Å². The molecule has 2 heteroatoms. The molecule has 1 N–H and O–H groups in total. The molecular formula is C17H28BrN. The van der Waals surface area contributed by atoms with E-state index >= 15 is 0 Å². The Hall–Kier alpha value is -0.340. The van der Waals surface area contributed by atoms with E-state index in [2.05, 4.69) is 80.1 Å². The van der Waals surface area contributed by atoms with Crippen LogP contribution in [0.3, 0.4) is 0 Å². The lowest BCUT2D eigenvalue weighted by atomic mass is 9.74. The SMILES string of the molecule is CC(C)CNCC(C)(Cc1ccccc1Br)C(C)C. The van der Waals surface area contributed by atoms with Gasteiger partial charge in [0.15, 0.2) is 0 Å². The molecule has 0 aromatic heterocycles. The molecule has 0 amide bonds. The highest BCUT2D eigenvalue weighted by Crippen LogP contribution is 2.33. The van der Waals surface area contributed by atoms with E-state index in [-0.39, 0.29) is 0 Å². The van der Waals surface area contributed by atoms with Gasteiger partial charge in [0.1, 0.15) is 0 Å².